The van der Waals surface area contributed by atoms with Crippen LogP contribution in [0.4, 0.5) is 0 Å². The first-order valence-corrected chi connectivity index (χ1v) is 5.56. The molecule has 10 heavy (non-hydrogen) atoms. The van der Waals surface area contributed by atoms with Crippen LogP contribution in [0.1, 0.15) is 26.2 Å². The van der Waals surface area contributed by atoms with Gasteiger partial charge in [-0.2, -0.15) is 0 Å². The van der Waals surface area contributed by atoms with E-state index in [-0.39, 0.29) is 6.16 Å². The Morgan fingerprint density at radius 2 is 1.50 bits per heavy atom. The summed E-state index contributed by atoms with van der Waals surface area (Å²) in [6, 6.07) is 0. The second kappa shape index (κ2) is 3.11. The molecule has 0 rings (SSSR count). The third-order valence-electron chi connectivity index (χ3n) is 1.16. The first kappa shape index (κ1) is 10.3. The summed E-state index contributed by atoms with van der Waals surface area (Å²) in [6.45, 7) is 1.94. The SMILES string of the molecule is CCCCCP(O)(O)(O)O. The van der Waals surface area contributed by atoms with Gasteiger partial charge < -0.3 is 0 Å². The van der Waals surface area contributed by atoms with E-state index in [1.54, 1.807) is 0 Å². The van der Waals surface area contributed by atoms with Crippen LogP contribution < -0.4 is 0 Å². The average Bonchev–Trinajstić information content (AvgIpc) is 1.61. The van der Waals surface area contributed by atoms with E-state index in [1.807, 2.05) is 6.92 Å². The second-order valence-electron chi connectivity index (χ2n) is 2.53. The van der Waals surface area contributed by atoms with E-state index in [9.17, 15) is 0 Å². The van der Waals surface area contributed by atoms with Crippen LogP contribution >= 0.6 is 7.51 Å². The van der Waals surface area contributed by atoms with Crippen molar-refractivity contribution in [3.05, 3.63) is 0 Å². The number of unbranched alkanes of at least 4 members (excludes halogenated alkanes) is 2. The van der Waals surface area contributed by atoms with Gasteiger partial charge in [0.2, 0.25) is 0 Å². The van der Waals surface area contributed by atoms with Gasteiger partial charge in [-0.1, -0.05) is 0 Å². The van der Waals surface area contributed by atoms with E-state index in [0.29, 0.717) is 6.42 Å². The molecule has 0 bridgehead atoms. The standard InChI is InChI=1S/C5H15O4P/c1-2-3-4-5-10(6,7,8)9/h6-9H,2-5H2,1H3. The summed E-state index contributed by atoms with van der Waals surface area (Å²) in [4.78, 5) is 34.0. The number of hydrogen-bond donors (Lipinski definition) is 4. The van der Waals surface area contributed by atoms with Crippen LogP contribution in [0.25, 0.3) is 0 Å². The van der Waals surface area contributed by atoms with E-state index >= 15 is 0 Å². The van der Waals surface area contributed by atoms with Gasteiger partial charge in [0.05, 0.1) is 0 Å². The van der Waals surface area contributed by atoms with Gasteiger partial charge in [-0.05, 0) is 0 Å². The van der Waals surface area contributed by atoms with Crippen LogP contribution in [0.3, 0.4) is 0 Å². The van der Waals surface area contributed by atoms with Gasteiger partial charge in [0, 0.05) is 0 Å². The van der Waals surface area contributed by atoms with Crippen molar-refractivity contribution in [1.82, 2.24) is 0 Å². The number of hydrogen-bond acceptors (Lipinski definition) is 4. The summed E-state index contributed by atoms with van der Waals surface area (Å²) in [5.41, 5.74) is 0. The molecule has 0 aliphatic heterocycles. The van der Waals surface area contributed by atoms with Crippen molar-refractivity contribution >= 4 is 7.51 Å². The summed E-state index contributed by atoms with van der Waals surface area (Å²) < 4.78 is 0. The molecule has 0 saturated heterocycles. The first-order valence-electron chi connectivity index (χ1n) is 3.32. The molecule has 0 aromatic carbocycles. The minimum absolute atomic E-state index is 0.306. The van der Waals surface area contributed by atoms with Crippen LogP contribution in [0.15, 0.2) is 0 Å². The molecular formula is C5H15O4P. The van der Waals surface area contributed by atoms with E-state index in [2.05, 4.69) is 0 Å². The van der Waals surface area contributed by atoms with Crippen molar-refractivity contribution in [2.24, 2.45) is 0 Å². The molecule has 0 radical (unpaired) electrons. The normalized spacial score (nSPS) is 16.3. The zero-order chi connectivity index (χ0) is 8.28. The number of rotatable bonds is 4. The molecule has 64 valence electrons. The molecule has 4 N–H and O–H groups in total. The molecule has 0 aromatic heterocycles. The van der Waals surface area contributed by atoms with Crippen molar-refractivity contribution in [3.8, 4) is 0 Å². The van der Waals surface area contributed by atoms with Gasteiger partial charge in [-0.15, -0.1) is 0 Å². The summed E-state index contributed by atoms with van der Waals surface area (Å²) >= 11 is 0. The Kier molecular flexibility index (Phi) is 3.20. The third-order valence-corrected chi connectivity index (χ3v) is 2.28. The van der Waals surface area contributed by atoms with Gasteiger partial charge >= 0.3 is 59.4 Å². The Bertz CT molecular complexity index is 96.7. The maximum absolute atomic E-state index is 8.51. The Morgan fingerprint density at radius 3 is 1.80 bits per heavy atom. The molecule has 0 fully saturated rings. The summed E-state index contributed by atoms with van der Waals surface area (Å²) in [6.07, 6.45) is 1.82. The Hall–Kier alpha value is 0.270. The van der Waals surface area contributed by atoms with E-state index in [4.69, 9.17) is 19.6 Å². The summed E-state index contributed by atoms with van der Waals surface area (Å²) in [7, 11) is -5.15. The van der Waals surface area contributed by atoms with Crippen molar-refractivity contribution < 1.29 is 19.6 Å². The molecule has 0 aliphatic rings. The average molecular weight is 170 g/mol. The summed E-state index contributed by atoms with van der Waals surface area (Å²) in [5.74, 6) is 0. The Balaban J connectivity index is 3.49. The van der Waals surface area contributed by atoms with Crippen molar-refractivity contribution in [2.45, 2.75) is 26.2 Å². The molecule has 4 nitrogen and oxygen atoms in total. The predicted octanol–water partition coefficient (Wildman–Crippen LogP) is 0.359. The van der Waals surface area contributed by atoms with Crippen LogP contribution in [0.5, 0.6) is 0 Å². The minimum atomic E-state index is -5.15. The van der Waals surface area contributed by atoms with Gasteiger partial charge in [-0.3, -0.25) is 0 Å². The molecule has 0 aromatic rings. The molecule has 0 atom stereocenters. The topological polar surface area (TPSA) is 80.9 Å². The third kappa shape index (κ3) is 8.27. The zero-order valence-electron chi connectivity index (χ0n) is 6.06. The fourth-order valence-electron chi connectivity index (χ4n) is 0.645. The molecule has 0 saturated carbocycles. The molecule has 0 amide bonds. The molecule has 0 unspecified atom stereocenters. The quantitative estimate of drug-likeness (QED) is 0.362. The van der Waals surface area contributed by atoms with E-state index in [0.717, 1.165) is 12.8 Å². The van der Waals surface area contributed by atoms with Gasteiger partial charge in [0.25, 0.3) is 0 Å². The summed E-state index contributed by atoms with van der Waals surface area (Å²) in [5, 5.41) is 0. The maximum atomic E-state index is 8.51. The Labute approximate surface area is 60.4 Å². The second-order valence-corrected chi connectivity index (χ2v) is 5.18. The van der Waals surface area contributed by atoms with Gasteiger partial charge in [0.15, 0.2) is 0 Å². The molecule has 0 spiro atoms. The van der Waals surface area contributed by atoms with Crippen LogP contribution in [-0.2, 0) is 0 Å². The first-order chi connectivity index (χ1) is 4.31. The van der Waals surface area contributed by atoms with Crippen LogP contribution in [-0.4, -0.2) is 25.7 Å². The van der Waals surface area contributed by atoms with Crippen molar-refractivity contribution in [3.63, 3.8) is 0 Å². The van der Waals surface area contributed by atoms with Gasteiger partial charge in [0.1, 0.15) is 0 Å². The zero-order valence-corrected chi connectivity index (χ0v) is 6.96. The molecule has 0 heterocycles. The molecular weight excluding hydrogens is 155 g/mol. The van der Waals surface area contributed by atoms with Crippen molar-refractivity contribution in [1.29, 1.82) is 0 Å². The van der Waals surface area contributed by atoms with Gasteiger partial charge in [-0.25, -0.2) is 0 Å². The van der Waals surface area contributed by atoms with Crippen molar-refractivity contribution in [2.75, 3.05) is 6.16 Å². The van der Waals surface area contributed by atoms with E-state index < -0.39 is 7.51 Å². The fourth-order valence-corrected chi connectivity index (χ4v) is 1.43. The fraction of sp³-hybridized carbons (Fsp3) is 1.00. The molecule has 0 aliphatic carbocycles. The van der Waals surface area contributed by atoms with E-state index in [1.165, 1.54) is 0 Å². The van der Waals surface area contributed by atoms with Crippen LogP contribution in [0.2, 0.25) is 0 Å². The van der Waals surface area contributed by atoms with Crippen LogP contribution in [0, 0.1) is 0 Å². The monoisotopic (exact) mass is 170 g/mol. The molecule has 5 heteroatoms. The predicted molar refractivity (Wildman–Crippen MR) is 40.2 cm³/mol. The Morgan fingerprint density at radius 1 is 1.00 bits per heavy atom.